The highest BCUT2D eigenvalue weighted by atomic mass is 16.4. The fraction of sp³-hybridized carbons (Fsp3) is 0.316. The predicted molar refractivity (Wildman–Crippen MR) is 97.4 cm³/mol. The van der Waals surface area contributed by atoms with E-state index < -0.39 is 5.97 Å². The Morgan fingerprint density at radius 3 is 2.81 bits per heavy atom. The molecule has 1 fully saturated rings. The summed E-state index contributed by atoms with van der Waals surface area (Å²) in [6, 6.07) is 11.4. The minimum atomic E-state index is -1.09. The van der Waals surface area contributed by atoms with Crippen LogP contribution in [0.2, 0.25) is 0 Å². The summed E-state index contributed by atoms with van der Waals surface area (Å²) >= 11 is 0. The zero-order chi connectivity index (χ0) is 18.8. The molecule has 4 rings (SSSR count). The number of carbonyl (C=O) groups is 2. The van der Waals surface area contributed by atoms with Gasteiger partial charge in [0.25, 0.3) is 5.91 Å². The number of rotatable bonds is 4. The van der Waals surface area contributed by atoms with Gasteiger partial charge in [-0.3, -0.25) is 9.48 Å². The number of piperidine rings is 1. The van der Waals surface area contributed by atoms with Gasteiger partial charge in [0.15, 0.2) is 5.69 Å². The number of aromatic carboxylic acids is 1. The number of benzene rings is 1. The molecule has 0 aliphatic carbocycles. The summed E-state index contributed by atoms with van der Waals surface area (Å²) in [5.41, 5.74) is 1.18. The van der Waals surface area contributed by atoms with Crippen molar-refractivity contribution >= 4 is 22.8 Å². The van der Waals surface area contributed by atoms with Crippen molar-refractivity contribution in [1.82, 2.24) is 24.9 Å². The summed E-state index contributed by atoms with van der Waals surface area (Å²) < 4.78 is 1.54. The van der Waals surface area contributed by atoms with Crippen LogP contribution in [-0.4, -0.2) is 55.0 Å². The number of para-hydroxylation sites is 1. The fourth-order valence-corrected chi connectivity index (χ4v) is 3.50. The van der Waals surface area contributed by atoms with Gasteiger partial charge in [0.2, 0.25) is 0 Å². The van der Waals surface area contributed by atoms with Gasteiger partial charge >= 0.3 is 5.97 Å². The van der Waals surface area contributed by atoms with E-state index in [2.05, 4.69) is 15.3 Å². The van der Waals surface area contributed by atoms with E-state index in [9.17, 15) is 9.59 Å². The Morgan fingerprint density at radius 1 is 1.15 bits per heavy atom. The van der Waals surface area contributed by atoms with Gasteiger partial charge in [-0.2, -0.15) is 0 Å². The number of hydrogen-bond donors (Lipinski definition) is 1. The van der Waals surface area contributed by atoms with Crippen LogP contribution >= 0.6 is 0 Å². The molecule has 0 bridgehead atoms. The zero-order valence-corrected chi connectivity index (χ0v) is 14.7. The van der Waals surface area contributed by atoms with Gasteiger partial charge < -0.3 is 10.0 Å². The van der Waals surface area contributed by atoms with Gasteiger partial charge in [-0.1, -0.05) is 29.5 Å². The standard InChI is InChI=1S/C19H19N5O3/c25-18(16-8-7-14-5-1-2-6-15(14)20-16)23-9-3-4-13(10-23)11-24-12-17(19(26)27)21-22-24/h1-2,5-8,12-13H,3-4,9-11H2,(H,26,27). The minimum Gasteiger partial charge on any atom is -0.476 e. The summed E-state index contributed by atoms with van der Waals surface area (Å²) in [6.45, 7) is 1.83. The second kappa shape index (κ2) is 7.14. The van der Waals surface area contributed by atoms with Crippen LogP contribution in [0.5, 0.6) is 0 Å². The third kappa shape index (κ3) is 3.64. The maximum atomic E-state index is 12.9. The lowest BCUT2D eigenvalue weighted by atomic mass is 9.97. The van der Waals surface area contributed by atoms with Crippen LogP contribution in [0.1, 0.15) is 33.8 Å². The third-order valence-corrected chi connectivity index (χ3v) is 4.83. The van der Waals surface area contributed by atoms with Crippen molar-refractivity contribution in [3.8, 4) is 0 Å². The number of pyridine rings is 1. The van der Waals surface area contributed by atoms with Gasteiger partial charge in [-0.05, 0) is 30.9 Å². The number of carboxylic acid groups (broad SMARTS) is 1. The maximum Gasteiger partial charge on any atom is 0.358 e. The van der Waals surface area contributed by atoms with Gasteiger partial charge in [0.05, 0.1) is 11.7 Å². The largest absolute Gasteiger partial charge is 0.476 e. The van der Waals surface area contributed by atoms with Crippen LogP contribution < -0.4 is 0 Å². The van der Waals surface area contributed by atoms with Crippen LogP contribution in [0, 0.1) is 5.92 Å². The lowest BCUT2D eigenvalue weighted by Gasteiger charge is -2.32. The Kier molecular flexibility index (Phi) is 4.53. The van der Waals surface area contributed by atoms with Crippen LogP contribution in [0.4, 0.5) is 0 Å². The van der Waals surface area contributed by atoms with E-state index in [1.54, 1.807) is 6.07 Å². The summed E-state index contributed by atoms with van der Waals surface area (Å²) in [7, 11) is 0. The molecule has 3 aromatic rings. The number of carbonyl (C=O) groups excluding carboxylic acids is 1. The first kappa shape index (κ1) is 17.1. The normalized spacial score (nSPS) is 17.2. The molecule has 1 atom stereocenters. The lowest BCUT2D eigenvalue weighted by molar-refractivity contribution is 0.0653. The second-order valence-electron chi connectivity index (χ2n) is 6.78. The summed E-state index contributed by atoms with van der Waals surface area (Å²) in [6.07, 6.45) is 3.27. The molecule has 1 aliphatic rings. The number of aromatic nitrogens is 4. The number of hydrogen-bond acceptors (Lipinski definition) is 5. The third-order valence-electron chi connectivity index (χ3n) is 4.83. The number of amides is 1. The van der Waals surface area contributed by atoms with Crippen molar-refractivity contribution in [1.29, 1.82) is 0 Å². The molecule has 1 saturated heterocycles. The molecule has 1 amide bonds. The van der Waals surface area contributed by atoms with Crippen LogP contribution in [0.3, 0.4) is 0 Å². The van der Waals surface area contributed by atoms with Crippen molar-refractivity contribution < 1.29 is 14.7 Å². The average Bonchev–Trinajstić information content (AvgIpc) is 3.16. The number of carboxylic acids is 1. The minimum absolute atomic E-state index is 0.0703. The molecule has 2 aromatic heterocycles. The van der Waals surface area contributed by atoms with E-state index in [-0.39, 0.29) is 17.5 Å². The Morgan fingerprint density at radius 2 is 2.00 bits per heavy atom. The summed E-state index contributed by atoms with van der Waals surface area (Å²) in [4.78, 5) is 30.1. The first-order valence-electron chi connectivity index (χ1n) is 8.88. The first-order chi connectivity index (χ1) is 13.1. The molecule has 1 aliphatic heterocycles. The van der Waals surface area contributed by atoms with Gasteiger partial charge in [-0.25, -0.2) is 9.78 Å². The van der Waals surface area contributed by atoms with E-state index >= 15 is 0 Å². The topological polar surface area (TPSA) is 101 Å². The quantitative estimate of drug-likeness (QED) is 0.760. The van der Waals surface area contributed by atoms with Crippen molar-refractivity contribution in [2.75, 3.05) is 13.1 Å². The molecule has 1 N–H and O–H groups in total. The smallest absolute Gasteiger partial charge is 0.358 e. The predicted octanol–water partition coefficient (Wildman–Crippen LogP) is 2.08. The second-order valence-corrected chi connectivity index (χ2v) is 6.78. The monoisotopic (exact) mass is 365 g/mol. The molecule has 0 spiro atoms. The first-order valence-corrected chi connectivity index (χ1v) is 8.88. The maximum absolute atomic E-state index is 12.9. The summed E-state index contributed by atoms with van der Waals surface area (Å²) in [5, 5.41) is 17.4. The van der Waals surface area contributed by atoms with E-state index in [4.69, 9.17) is 5.11 Å². The molecular formula is C19H19N5O3. The molecular weight excluding hydrogens is 346 g/mol. The molecule has 0 saturated carbocycles. The number of fused-ring (bicyclic) bond motifs is 1. The van der Waals surface area contributed by atoms with Crippen molar-refractivity contribution in [3.05, 3.63) is 54.0 Å². The molecule has 27 heavy (non-hydrogen) atoms. The van der Waals surface area contributed by atoms with E-state index in [0.717, 1.165) is 23.7 Å². The number of likely N-dealkylation sites (tertiary alicyclic amines) is 1. The molecule has 3 heterocycles. The Balaban J connectivity index is 1.46. The molecule has 8 heteroatoms. The Hall–Kier alpha value is -3.29. The lowest BCUT2D eigenvalue weighted by Crippen LogP contribution is -2.41. The van der Waals surface area contributed by atoms with Gasteiger partial charge in [-0.15, -0.1) is 5.10 Å². The molecule has 0 radical (unpaired) electrons. The highest BCUT2D eigenvalue weighted by molar-refractivity contribution is 5.95. The Labute approximate surface area is 155 Å². The van der Waals surface area contributed by atoms with Gasteiger partial charge in [0.1, 0.15) is 5.69 Å². The zero-order valence-electron chi connectivity index (χ0n) is 14.7. The highest BCUT2D eigenvalue weighted by Crippen LogP contribution is 2.21. The van der Waals surface area contributed by atoms with Crippen molar-refractivity contribution in [2.45, 2.75) is 19.4 Å². The highest BCUT2D eigenvalue weighted by Gasteiger charge is 2.26. The fourth-order valence-electron chi connectivity index (χ4n) is 3.50. The number of nitrogens with zero attached hydrogens (tertiary/aromatic N) is 5. The van der Waals surface area contributed by atoms with Crippen molar-refractivity contribution in [3.63, 3.8) is 0 Å². The molecule has 138 valence electrons. The van der Waals surface area contributed by atoms with E-state index in [1.807, 2.05) is 35.2 Å². The molecule has 1 unspecified atom stereocenters. The molecule has 1 aromatic carbocycles. The average molecular weight is 365 g/mol. The SMILES string of the molecule is O=C(O)c1cn(CC2CCCN(C(=O)c3ccc4ccccc4n3)C2)nn1. The van der Waals surface area contributed by atoms with E-state index in [0.29, 0.717) is 25.3 Å². The van der Waals surface area contributed by atoms with Crippen LogP contribution in [0.25, 0.3) is 10.9 Å². The summed E-state index contributed by atoms with van der Waals surface area (Å²) in [5.74, 6) is -0.967. The van der Waals surface area contributed by atoms with Crippen molar-refractivity contribution in [2.24, 2.45) is 5.92 Å². The van der Waals surface area contributed by atoms with Crippen LogP contribution in [0.15, 0.2) is 42.6 Å². The Bertz CT molecular complexity index is 1000. The van der Waals surface area contributed by atoms with E-state index in [1.165, 1.54) is 10.9 Å². The van der Waals surface area contributed by atoms with Crippen LogP contribution in [-0.2, 0) is 6.54 Å². The molecule has 8 nitrogen and oxygen atoms in total. The van der Waals surface area contributed by atoms with Gasteiger partial charge in [0, 0.05) is 25.0 Å².